The van der Waals surface area contributed by atoms with Crippen molar-refractivity contribution >= 4 is 0 Å². The lowest BCUT2D eigenvalue weighted by molar-refractivity contribution is -0.226. The Morgan fingerprint density at radius 2 is 2.58 bits per heavy atom. The number of hydrogen-bond acceptors (Lipinski definition) is 5. The van der Waals surface area contributed by atoms with Gasteiger partial charge in [0.15, 0.2) is 0 Å². The molecule has 1 N–H and O–H groups in total. The van der Waals surface area contributed by atoms with Crippen LogP contribution < -0.4 is 5.48 Å². The number of nitrogens with one attached hydrogen (secondary N) is 1. The largest absolute Gasteiger partial charge is 0.355 e. The highest BCUT2D eigenvalue weighted by Crippen LogP contribution is 2.39. The molecular weight excluding hydrogens is 160 g/mol. The number of fused-ring (bicyclic) bond motifs is 2. The van der Waals surface area contributed by atoms with Crippen molar-refractivity contribution in [3.63, 3.8) is 0 Å². The van der Waals surface area contributed by atoms with Gasteiger partial charge in [-0.2, -0.15) is 0 Å². The first-order valence-corrected chi connectivity index (χ1v) is 3.60. The molecule has 2 aliphatic rings. The second kappa shape index (κ2) is 1.88. The second-order valence-electron chi connectivity index (χ2n) is 2.69. The Kier molecular flexibility index (Phi) is 0.973. The van der Waals surface area contributed by atoms with Crippen molar-refractivity contribution in [2.75, 3.05) is 0 Å². The average Bonchev–Trinajstić information content (AvgIpc) is 2.76. The molecule has 0 saturated carbocycles. The van der Waals surface area contributed by atoms with Gasteiger partial charge in [0.2, 0.25) is 5.76 Å². The molecular formula is C7H6N2O3. The van der Waals surface area contributed by atoms with Crippen LogP contribution in [0, 0.1) is 0 Å². The zero-order valence-corrected chi connectivity index (χ0v) is 6.11. The number of ether oxygens (including phenoxy) is 1. The van der Waals surface area contributed by atoms with E-state index in [-0.39, 0.29) is 0 Å². The van der Waals surface area contributed by atoms with Crippen molar-refractivity contribution < 1.29 is 14.1 Å². The molecule has 62 valence electrons. The predicted molar refractivity (Wildman–Crippen MR) is 36.3 cm³/mol. The average molecular weight is 166 g/mol. The molecule has 0 radical (unpaired) electrons. The third-order valence-electron chi connectivity index (χ3n) is 1.98. The van der Waals surface area contributed by atoms with Gasteiger partial charge in [0.05, 0.1) is 12.8 Å². The van der Waals surface area contributed by atoms with Crippen molar-refractivity contribution in [1.29, 1.82) is 0 Å². The van der Waals surface area contributed by atoms with Crippen LogP contribution in [0.5, 0.6) is 0 Å². The van der Waals surface area contributed by atoms with Crippen molar-refractivity contribution in [3.05, 3.63) is 29.8 Å². The van der Waals surface area contributed by atoms with E-state index in [1.165, 1.54) is 0 Å². The number of nitrogens with zero attached hydrogens (tertiary/aromatic N) is 1. The van der Waals surface area contributed by atoms with E-state index >= 15 is 0 Å². The molecule has 1 unspecified atom stereocenters. The minimum atomic E-state index is -0.869. The Labute approximate surface area is 67.9 Å². The molecule has 0 amide bonds. The zero-order chi connectivity index (χ0) is 8.02. The van der Waals surface area contributed by atoms with E-state index in [2.05, 4.69) is 10.6 Å². The van der Waals surface area contributed by atoms with Crippen molar-refractivity contribution in [1.82, 2.24) is 10.6 Å². The lowest BCUT2D eigenvalue weighted by Gasteiger charge is -2.16. The number of hydrogen-bond donors (Lipinski definition) is 1. The maximum absolute atomic E-state index is 5.41. The molecule has 0 bridgehead atoms. The minimum absolute atomic E-state index is 0.477. The van der Waals surface area contributed by atoms with Crippen LogP contribution in [-0.4, -0.2) is 5.16 Å². The number of rotatable bonds is 0. The summed E-state index contributed by atoms with van der Waals surface area (Å²) in [6.45, 7) is 0.477. The summed E-state index contributed by atoms with van der Waals surface area (Å²) in [6, 6.07) is 0. The fourth-order valence-electron chi connectivity index (χ4n) is 1.40. The summed E-state index contributed by atoms with van der Waals surface area (Å²) in [5, 5.41) is 3.67. The van der Waals surface area contributed by atoms with E-state index < -0.39 is 5.79 Å². The van der Waals surface area contributed by atoms with Crippen molar-refractivity contribution in [2.45, 2.75) is 12.4 Å². The molecule has 5 nitrogen and oxygen atoms in total. The Morgan fingerprint density at radius 3 is 3.42 bits per heavy atom. The van der Waals surface area contributed by atoms with Gasteiger partial charge >= 0.3 is 0 Å². The molecule has 1 aromatic rings. The van der Waals surface area contributed by atoms with Gasteiger partial charge in [-0.05, 0) is 0 Å². The molecule has 0 aromatic carbocycles. The van der Waals surface area contributed by atoms with E-state index in [9.17, 15) is 0 Å². The van der Waals surface area contributed by atoms with Gasteiger partial charge in [0.1, 0.15) is 0 Å². The van der Waals surface area contributed by atoms with E-state index in [1.807, 2.05) is 0 Å². The molecule has 1 atom stereocenters. The van der Waals surface area contributed by atoms with Gasteiger partial charge in [-0.25, -0.2) is 4.84 Å². The summed E-state index contributed by atoms with van der Waals surface area (Å²) in [6.07, 6.45) is 5.06. The monoisotopic (exact) mass is 166 g/mol. The van der Waals surface area contributed by atoms with Crippen LogP contribution in [0.2, 0.25) is 0 Å². The summed E-state index contributed by atoms with van der Waals surface area (Å²) in [5.74, 6) is -0.241. The normalized spacial score (nSPS) is 31.0. The first-order valence-electron chi connectivity index (χ1n) is 3.60. The Bertz CT molecular complexity index is 346. The van der Waals surface area contributed by atoms with Gasteiger partial charge in [-0.3, -0.25) is 5.48 Å². The van der Waals surface area contributed by atoms with Gasteiger partial charge in [0.25, 0.3) is 5.79 Å². The van der Waals surface area contributed by atoms with Gasteiger partial charge < -0.3 is 9.26 Å². The number of aromatic nitrogens is 1. The fraction of sp³-hybridized carbons (Fsp3) is 0.286. The Morgan fingerprint density at radius 1 is 1.58 bits per heavy atom. The van der Waals surface area contributed by atoms with Crippen LogP contribution in [0.1, 0.15) is 11.3 Å². The van der Waals surface area contributed by atoms with Crippen LogP contribution in [0.25, 0.3) is 0 Å². The van der Waals surface area contributed by atoms with Crippen LogP contribution in [-0.2, 0) is 22.0 Å². The van der Waals surface area contributed by atoms with Gasteiger partial charge in [-0.1, -0.05) is 5.16 Å². The highest BCUT2D eigenvalue weighted by Gasteiger charge is 2.46. The van der Waals surface area contributed by atoms with Crippen LogP contribution in [0.3, 0.4) is 0 Å². The van der Waals surface area contributed by atoms with Gasteiger partial charge in [-0.15, -0.1) is 0 Å². The first kappa shape index (κ1) is 6.22. The third kappa shape index (κ3) is 0.579. The number of hydroxylamine groups is 1. The second-order valence-corrected chi connectivity index (χ2v) is 2.69. The first-order chi connectivity index (χ1) is 5.91. The van der Waals surface area contributed by atoms with Crippen molar-refractivity contribution in [2.24, 2.45) is 0 Å². The maximum atomic E-state index is 5.41. The maximum Gasteiger partial charge on any atom is 0.277 e. The molecule has 3 rings (SSSR count). The Hall–Kier alpha value is -1.33. The summed E-state index contributed by atoms with van der Waals surface area (Å²) in [4.78, 5) is 5.17. The highest BCUT2D eigenvalue weighted by atomic mass is 16.8. The molecule has 1 aromatic heterocycles. The van der Waals surface area contributed by atoms with Crippen molar-refractivity contribution in [3.8, 4) is 0 Å². The summed E-state index contributed by atoms with van der Waals surface area (Å²) < 4.78 is 10.4. The summed E-state index contributed by atoms with van der Waals surface area (Å²) in [7, 11) is 0. The fourth-order valence-corrected chi connectivity index (χ4v) is 1.40. The minimum Gasteiger partial charge on any atom is -0.355 e. The molecule has 2 aliphatic heterocycles. The quantitative estimate of drug-likeness (QED) is 0.604. The molecule has 1 spiro atoms. The van der Waals surface area contributed by atoms with Crippen LogP contribution in [0.4, 0.5) is 0 Å². The SMILES string of the molecule is C1=CC2(OCc3cnoc32)ON1. The van der Waals surface area contributed by atoms with E-state index in [0.29, 0.717) is 12.4 Å². The molecule has 0 fully saturated rings. The molecule has 3 heterocycles. The molecule has 0 saturated heterocycles. The van der Waals surface area contributed by atoms with E-state index in [4.69, 9.17) is 14.1 Å². The summed E-state index contributed by atoms with van der Waals surface area (Å²) >= 11 is 0. The third-order valence-corrected chi connectivity index (χ3v) is 1.98. The lowest BCUT2D eigenvalue weighted by atomic mass is 10.2. The highest BCUT2D eigenvalue weighted by molar-refractivity contribution is 5.27. The molecule has 5 heteroatoms. The van der Waals surface area contributed by atoms with E-state index in [1.54, 1.807) is 18.5 Å². The zero-order valence-electron chi connectivity index (χ0n) is 6.11. The molecule has 0 aliphatic carbocycles. The Balaban J connectivity index is 2.16. The standard InChI is InChI=1S/C7H6N2O3/c1-2-8-12-7(1)6-5(4-10-7)3-9-11-6/h1-3,8H,4H2. The molecule has 12 heavy (non-hydrogen) atoms. The smallest absolute Gasteiger partial charge is 0.277 e. The van der Waals surface area contributed by atoms with E-state index in [0.717, 1.165) is 5.56 Å². The summed E-state index contributed by atoms with van der Waals surface area (Å²) in [5.41, 5.74) is 3.53. The van der Waals surface area contributed by atoms with Crippen LogP contribution >= 0.6 is 0 Å². The predicted octanol–water partition coefficient (Wildman–Crippen LogP) is 0.406. The van der Waals surface area contributed by atoms with Crippen LogP contribution in [0.15, 0.2) is 23.0 Å². The topological polar surface area (TPSA) is 56.5 Å². The lowest BCUT2D eigenvalue weighted by Crippen LogP contribution is -2.25. The van der Waals surface area contributed by atoms with Gasteiger partial charge in [0, 0.05) is 17.8 Å².